The van der Waals surface area contributed by atoms with E-state index in [1.54, 1.807) is 6.07 Å². The molecule has 2 rings (SSSR count). The number of hydrogen-bond acceptors (Lipinski definition) is 7. The fourth-order valence-corrected chi connectivity index (χ4v) is 3.46. The lowest BCUT2D eigenvalue weighted by atomic mass is 10.1. The van der Waals surface area contributed by atoms with Crippen molar-refractivity contribution in [3.8, 4) is 17.2 Å². The second-order valence-electron chi connectivity index (χ2n) is 7.17. The highest BCUT2D eigenvalue weighted by Crippen LogP contribution is 2.38. The molecule has 32 heavy (non-hydrogen) atoms. The predicted octanol–water partition coefficient (Wildman–Crippen LogP) is 2.70. The van der Waals surface area contributed by atoms with Crippen LogP contribution in [-0.4, -0.2) is 56.2 Å². The highest BCUT2D eigenvalue weighted by atomic mass is 16.5. The molecule has 0 bridgehead atoms. The van der Waals surface area contributed by atoms with Crippen molar-refractivity contribution >= 4 is 17.7 Å². The number of carbonyl (C=O) groups is 3. The molecule has 1 aromatic carbocycles. The van der Waals surface area contributed by atoms with Gasteiger partial charge in [-0.2, -0.15) is 0 Å². The molecule has 1 aromatic heterocycles. The van der Waals surface area contributed by atoms with Crippen LogP contribution in [0.3, 0.4) is 0 Å². The van der Waals surface area contributed by atoms with E-state index in [-0.39, 0.29) is 11.3 Å². The number of ether oxygens (including phenoxy) is 4. The van der Waals surface area contributed by atoms with E-state index in [9.17, 15) is 14.4 Å². The van der Waals surface area contributed by atoms with Crippen LogP contribution in [0.15, 0.2) is 18.2 Å². The van der Waals surface area contributed by atoms with Crippen molar-refractivity contribution in [1.82, 2.24) is 9.88 Å². The molecule has 0 saturated heterocycles. The van der Waals surface area contributed by atoms with Gasteiger partial charge in [-0.15, -0.1) is 0 Å². The molecule has 0 aliphatic rings. The van der Waals surface area contributed by atoms with E-state index in [2.05, 4.69) is 5.32 Å². The summed E-state index contributed by atoms with van der Waals surface area (Å²) in [7, 11) is 4.33. The molecular weight excluding hydrogens is 416 g/mol. The topological polar surface area (TPSA) is 105 Å². The molecular formula is C23H30N2O7. The third-order valence-electron chi connectivity index (χ3n) is 5.16. The lowest BCUT2D eigenvalue weighted by Gasteiger charge is -2.16. The van der Waals surface area contributed by atoms with Gasteiger partial charge in [-0.3, -0.25) is 9.59 Å². The monoisotopic (exact) mass is 446 g/mol. The Bertz CT molecular complexity index is 985. The number of nitrogens with zero attached hydrogens (tertiary/aromatic N) is 1. The Morgan fingerprint density at radius 2 is 1.59 bits per heavy atom. The molecule has 0 aliphatic carbocycles. The molecule has 0 spiro atoms. The van der Waals surface area contributed by atoms with E-state index in [4.69, 9.17) is 18.9 Å². The van der Waals surface area contributed by atoms with Crippen molar-refractivity contribution in [2.24, 2.45) is 0 Å². The van der Waals surface area contributed by atoms with Crippen LogP contribution in [0.2, 0.25) is 0 Å². The lowest BCUT2D eigenvalue weighted by Crippen LogP contribution is -2.40. The summed E-state index contributed by atoms with van der Waals surface area (Å²) in [6.45, 7) is 7.58. The molecule has 174 valence electrons. The summed E-state index contributed by atoms with van der Waals surface area (Å²) >= 11 is 0. The van der Waals surface area contributed by atoms with Gasteiger partial charge in [0, 0.05) is 29.1 Å². The molecule has 0 saturated carbocycles. The number of esters is 1. The van der Waals surface area contributed by atoms with E-state index in [1.165, 1.54) is 40.4 Å². The molecule has 0 radical (unpaired) electrons. The molecule has 9 heteroatoms. The van der Waals surface area contributed by atoms with E-state index >= 15 is 0 Å². The van der Waals surface area contributed by atoms with Gasteiger partial charge >= 0.3 is 5.97 Å². The summed E-state index contributed by atoms with van der Waals surface area (Å²) in [5, 5.41) is 2.55. The quantitative estimate of drug-likeness (QED) is 0.442. The number of nitrogens with one attached hydrogen (secondary N) is 1. The van der Waals surface area contributed by atoms with Gasteiger partial charge in [-0.25, -0.2) is 4.79 Å². The highest BCUT2D eigenvalue weighted by molar-refractivity contribution is 6.00. The average Bonchev–Trinajstić information content (AvgIpc) is 3.08. The lowest BCUT2D eigenvalue weighted by molar-refractivity contribution is -0.144. The Labute approximate surface area is 187 Å². The Morgan fingerprint density at radius 1 is 1.00 bits per heavy atom. The van der Waals surface area contributed by atoms with Crippen LogP contribution in [0.25, 0.3) is 0 Å². The minimum Gasteiger partial charge on any atom is -0.493 e. The van der Waals surface area contributed by atoms with Crippen LogP contribution in [0, 0.1) is 13.8 Å². The zero-order valence-electron chi connectivity index (χ0n) is 19.5. The van der Waals surface area contributed by atoms with Crippen molar-refractivity contribution in [1.29, 1.82) is 0 Å². The van der Waals surface area contributed by atoms with Gasteiger partial charge in [0.1, 0.15) is 6.04 Å². The molecule has 0 fully saturated rings. The Hall–Kier alpha value is -3.49. The van der Waals surface area contributed by atoms with Gasteiger partial charge in [0.25, 0.3) is 5.91 Å². The van der Waals surface area contributed by atoms with Crippen LogP contribution >= 0.6 is 0 Å². The summed E-state index contributed by atoms with van der Waals surface area (Å²) in [4.78, 5) is 37.5. The number of benzene rings is 1. The first-order valence-corrected chi connectivity index (χ1v) is 10.2. The summed E-state index contributed by atoms with van der Waals surface area (Å²) < 4.78 is 22.9. The summed E-state index contributed by atoms with van der Waals surface area (Å²) in [6, 6.07) is 3.76. The predicted molar refractivity (Wildman–Crippen MR) is 118 cm³/mol. The normalized spacial score (nSPS) is 11.5. The van der Waals surface area contributed by atoms with Crippen LogP contribution in [0.1, 0.15) is 46.0 Å². The number of amides is 1. The first kappa shape index (κ1) is 24.8. The highest BCUT2D eigenvalue weighted by Gasteiger charge is 2.23. The fraction of sp³-hybridized carbons (Fsp3) is 0.435. The molecule has 0 aliphatic heterocycles. The van der Waals surface area contributed by atoms with Crippen LogP contribution in [0.5, 0.6) is 17.2 Å². The average molecular weight is 447 g/mol. The molecule has 2 aromatic rings. The standard InChI is InChI=1S/C23H30N2O7/c1-8-25-13(2)9-17(15(25)4)18(26)12-32-23(28)14(3)24-22(27)16-10-19(29-5)21(31-7)20(11-16)30-6/h9-11,14H,8,12H2,1-7H3,(H,24,27). The Balaban J connectivity index is 2.03. The maximum atomic E-state index is 12.6. The van der Waals surface area contributed by atoms with Gasteiger partial charge in [0.2, 0.25) is 11.5 Å². The van der Waals surface area contributed by atoms with Gasteiger partial charge in [0.15, 0.2) is 18.1 Å². The van der Waals surface area contributed by atoms with Gasteiger partial charge in [-0.05, 0) is 45.9 Å². The minimum atomic E-state index is -0.975. The van der Waals surface area contributed by atoms with Crippen LogP contribution in [-0.2, 0) is 16.1 Å². The van der Waals surface area contributed by atoms with Gasteiger partial charge < -0.3 is 28.8 Å². The molecule has 1 heterocycles. The van der Waals surface area contributed by atoms with Crippen LogP contribution in [0.4, 0.5) is 0 Å². The molecule has 9 nitrogen and oxygen atoms in total. The van der Waals surface area contributed by atoms with Crippen molar-refractivity contribution in [2.75, 3.05) is 27.9 Å². The number of Topliss-reactive ketones (excluding diaryl/α,β-unsaturated/α-hetero) is 1. The zero-order valence-corrected chi connectivity index (χ0v) is 19.5. The maximum Gasteiger partial charge on any atom is 0.328 e. The number of aromatic nitrogens is 1. The number of hydrogen-bond donors (Lipinski definition) is 1. The Kier molecular flexibility index (Phi) is 8.28. The first-order valence-electron chi connectivity index (χ1n) is 10.2. The van der Waals surface area contributed by atoms with E-state index in [1.807, 2.05) is 25.3 Å². The maximum absolute atomic E-state index is 12.6. The summed E-state index contributed by atoms with van der Waals surface area (Å²) in [5.41, 5.74) is 2.52. The largest absolute Gasteiger partial charge is 0.493 e. The molecule has 1 N–H and O–H groups in total. The van der Waals surface area contributed by atoms with Gasteiger partial charge in [0.05, 0.1) is 21.3 Å². The van der Waals surface area contributed by atoms with Gasteiger partial charge in [-0.1, -0.05) is 0 Å². The third-order valence-corrected chi connectivity index (χ3v) is 5.16. The van der Waals surface area contributed by atoms with Crippen molar-refractivity contribution in [3.63, 3.8) is 0 Å². The minimum absolute atomic E-state index is 0.210. The number of carbonyl (C=O) groups excluding carboxylic acids is 3. The molecule has 1 amide bonds. The summed E-state index contributed by atoms with van der Waals surface area (Å²) in [5.74, 6) is -0.589. The van der Waals surface area contributed by atoms with Crippen molar-refractivity contribution in [2.45, 2.75) is 40.3 Å². The number of rotatable bonds is 10. The SMILES string of the molecule is CCn1c(C)cc(C(=O)COC(=O)C(C)NC(=O)c2cc(OC)c(OC)c(OC)c2)c1C. The van der Waals surface area contributed by atoms with Crippen molar-refractivity contribution in [3.05, 3.63) is 40.7 Å². The molecule has 1 atom stereocenters. The third kappa shape index (κ3) is 5.22. The molecule has 1 unspecified atom stereocenters. The fourth-order valence-electron chi connectivity index (χ4n) is 3.46. The first-order chi connectivity index (χ1) is 15.2. The smallest absolute Gasteiger partial charge is 0.328 e. The Morgan fingerprint density at radius 3 is 2.06 bits per heavy atom. The van der Waals surface area contributed by atoms with E-state index in [0.29, 0.717) is 22.8 Å². The van der Waals surface area contributed by atoms with Crippen LogP contribution < -0.4 is 19.5 Å². The second kappa shape index (κ2) is 10.7. The summed E-state index contributed by atoms with van der Waals surface area (Å²) in [6.07, 6.45) is 0. The number of aryl methyl sites for hydroxylation is 1. The van der Waals surface area contributed by atoms with Crippen molar-refractivity contribution < 1.29 is 33.3 Å². The second-order valence-corrected chi connectivity index (χ2v) is 7.17. The zero-order chi connectivity index (χ0) is 24.0. The number of ketones is 1. The number of methoxy groups -OCH3 is 3. The van der Waals surface area contributed by atoms with E-state index < -0.39 is 24.5 Å². The van der Waals surface area contributed by atoms with E-state index in [0.717, 1.165) is 17.9 Å².